The van der Waals surface area contributed by atoms with Crippen LogP contribution in [0.15, 0.2) is 18.2 Å². The minimum Gasteiger partial charge on any atom is -0.380 e. The highest BCUT2D eigenvalue weighted by atomic mass is 35.5. The fraction of sp³-hybridized carbons (Fsp3) is 0.571. The molecule has 3 atom stereocenters. The number of hydrogen-bond acceptors (Lipinski definition) is 2. The molecular formula is C14H20ClFN2. The molecule has 0 aromatic heterocycles. The van der Waals surface area contributed by atoms with Crippen molar-refractivity contribution < 1.29 is 4.39 Å². The van der Waals surface area contributed by atoms with Gasteiger partial charge < -0.3 is 10.2 Å². The van der Waals surface area contributed by atoms with Crippen molar-refractivity contribution in [2.45, 2.75) is 32.4 Å². The first-order valence-electron chi connectivity index (χ1n) is 6.39. The third kappa shape index (κ3) is 2.96. The van der Waals surface area contributed by atoms with Crippen molar-refractivity contribution >= 4 is 17.3 Å². The topological polar surface area (TPSA) is 15.3 Å². The summed E-state index contributed by atoms with van der Waals surface area (Å²) in [6.45, 7) is 5.43. The van der Waals surface area contributed by atoms with Gasteiger partial charge in [-0.25, -0.2) is 4.39 Å². The molecule has 18 heavy (non-hydrogen) atoms. The Bertz CT molecular complexity index is 424. The number of benzene rings is 1. The van der Waals surface area contributed by atoms with Gasteiger partial charge in [0.05, 0.1) is 5.69 Å². The van der Waals surface area contributed by atoms with Gasteiger partial charge in [-0.15, -0.1) is 0 Å². The number of hydrogen-bond donors (Lipinski definition) is 1. The predicted molar refractivity (Wildman–Crippen MR) is 74.7 cm³/mol. The van der Waals surface area contributed by atoms with Crippen LogP contribution in [0.4, 0.5) is 10.1 Å². The van der Waals surface area contributed by atoms with Gasteiger partial charge in [-0.1, -0.05) is 18.5 Å². The zero-order chi connectivity index (χ0) is 13.3. The quantitative estimate of drug-likeness (QED) is 0.883. The van der Waals surface area contributed by atoms with Gasteiger partial charge in [0.2, 0.25) is 0 Å². The normalized spacial score (nSPS) is 29.3. The molecule has 2 nitrogen and oxygen atoms in total. The van der Waals surface area contributed by atoms with Crippen LogP contribution in [0, 0.1) is 11.7 Å². The third-order valence-electron chi connectivity index (χ3n) is 3.88. The summed E-state index contributed by atoms with van der Waals surface area (Å²) >= 11 is 5.91. The third-order valence-corrected chi connectivity index (χ3v) is 4.11. The van der Waals surface area contributed by atoms with E-state index in [0.29, 0.717) is 28.7 Å². The van der Waals surface area contributed by atoms with Crippen molar-refractivity contribution in [2.24, 2.45) is 5.92 Å². The van der Waals surface area contributed by atoms with Crippen LogP contribution in [-0.2, 0) is 0 Å². The summed E-state index contributed by atoms with van der Waals surface area (Å²) in [6, 6.07) is 5.45. The van der Waals surface area contributed by atoms with Gasteiger partial charge in [0.1, 0.15) is 5.82 Å². The van der Waals surface area contributed by atoms with E-state index in [0.717, 1.165) is 13.0 Å². The van der Waals surface area contributed by atoms with Crippen molar-refractivity contribution in [2.75, 3.05) is 18.9 Å². The zero-order valence-corrected chi connectivity index (χ0v) is 11.8. The molecule has 1 aromatic rings. The zero-order valence-electron chi connectivity index (χ0n) is 11.1. The lowest BCUT2D eigenvalue weighted by Gasteiger charge is -2.40. The van der Waals surface area contributed by atoms with Gasteiger partial charge >= 0.3 is 0 Å². The molecule has 0 radical (unpaired) electrons. The van der Waals surface area contributed by atoms with E-state index in [4.69, 9.17) is 11.6 Å². The van der Waals surface area contributed by atoms with Crippen molar-refractivity contribution in [3.63, 3.8) is 0 Å². The van der Waals surface area contributed by atoms with Gasteiger partial charge in [-0.3, -0.25) is 0 Å². The molecule has 0 saturated carbocycles. The summed E-state index contributed by atoms with van der Waals surface area (Å²) in [7, 11) is 2.14. The molecule has 1 aliphatic heterocycles. The second-order valence-corrected chi connectivity index (χ2v) is 5.81. The summed E-state index contributed by atoms with van der Waals surface area (Å²) in [4.78, 5) is 2.34. The molecular weight excluding hydrogens is 251 g/mol. The monoisotopic (exact) mass is 270 g/mol. The van der Waals surface area contributed by atoms with E-state index in [-0.39, 0.29) is 5.82 Å². The molecule has 100 valence electrons. The molecule has 2 rings (SSSR count). The predicted octanol–water partition coefficient (Wildman–Crippen LogP) is 3.62. The van der Waals surface area contributed by atoms with Gasteiger partial charge in [-0.05, 0) is 44.5 Å². The van der Waals surface area contributed by atoms with Crippen LogP contribution in [0.1, 0.15) is 20.3 Å². The van der Waals surface area contributed by atoms with Gasteiger partial charge in [0.15, 0.2) is 0 Å². The molecule has 0 aliphatic carbocycles. The van der Waals surface area contributed by atoms with E-state index in [1.165, 1.54) is 6.07 Å². The lowest BCUT2D eigenvalue weighted by Crippen LogP contribution is -2.48. The Kier molecular flexibility index (Phi) is 4.13. The summed E-state index contributed by atoms with van der Waals surface area (Å²) in [5, 5.41) is 3.87. The summed E-state index contributed by atoms with van der Waals surface area (Å²) in [5.41, 5.74) is 0.510. The van der Waals surface area contributed by atoms with Gasteiger partial charge in [-0.2, -0.15) is 0 Å². The fourth-order valence-electron chi connectivity index (χ4n) is 2.55. The van der Waals surface area contributed by atoms with Crippen LogP contribution in [0.5, 0.6) is 0 Å². The Balaban J connectivity index is 2.11. The smallest absolute Gasteiger partial charge is 0.146 e. The number of nitrogens with zero attached hydrogens (tertiary/aromatic N) is 1. The maximum atomic E-state index is 13.7. The van der Waals surface area contributed by atoms with Crippen LogP contribution in [-0.4, -0.2) is 30.6 Å². The molecule has 0 bridgehead atoms. The molecule has 1 fully saturated rings. The first-order valence-corrected chi connectivity index (χ1v) is 6.77. The summed E-state index contributed by atoms with van der Waals surface area (Å²) in [6.07, 6.45) is 1.02. The maximum Gasteiger partial charge on any atom is 0.146 e. The van der Waals surface area contributed by atoms with Crippen LogP contribution >= 0.6 is 11.6 Å². The summed E-state index contributed by atoms with van der Waals surface area (Å²) in [5.74, 6) is 0.253. The van der Waals surface area contributed by atoms with Crippen LogP contribution in [0.3, 0.4) is 0 Å². The Hall–Kier alpha value is -0.800. The largest absolute Gasteiger partial charge is 0.380 e. The SMILES string of the molecule is CC1CN(C)C(C)CC1Nc1cc(Cl)ccc1F. The van der Waals surface area contributed by atoms with Crippen molar-refractivity contribution in [3.05, 3.63) is 29.0 Å². The van der Waals surface area contributed by atoms with E-state index in [1.807, 2.05) is 0 Å². The number of piperidine rings is 1. The summed E-state index contributed by atoms with van der Waals surface area (Å²) < 4.78 is 13.7. The minimum atomic E-state index is -0.238. The average molecular weight is 271 g/mol. The highest BCUT2D eigenvalue weighted by Crippen LogP contribution is 2.27. The van der Waals surface area contributed by atoms with Gasteiger partial charge in [0, 0.05) is 23.7 Å². The highest BCUT2D eigenvalue weighted by Gasteiger charge is 2.29. The molecule has 4 heteroatoms. The second-order valence-electron chi connectivity index (χ2n) is 5.38. The van der Waals surface area contributed by atoms with E-state index in [2.05, 4.69) is 31.1 Å². The standard InChI is InChI=1S/C14H20ClFN2/c1-9-8-18(3)10(2)6-13(9)17-14-7-11(15)4-5-12(14)16/h4-5,7,9-10,13,17H,6,8H2,1-3H3. The number of likely N-dealkylation sites (tertiary alicyclic amines) is 1. The first kappa shape index (κ1) is 13.6. The molecule has 1 heterocycles. The van der Waals surface area contributed by atoms with E-state index in [1.54, 1.807) is 12.1 Å². The van der Waals surface area contributed by atoms with E-state index in [9.17, 15) is 4.39 Å². The molecule has 0 spiro atoms. The molecule has 3 unspecified atom stereocenters. The van der Waals surface area contributed by atoms with Crippen molar-refractivity contribution in [1.29, 1.82) is 0 Å². The first-order chi connectivity index (χ1) is 8.47. The van der Waals surface area contributed by atoms with E-state index >= 15 is 0 Å². The second kappa shape index (κ2) is 5.45. The maximum absolute atomic E-state index is 13.7. The fourth-order valence-corrected chi connectivity index (χ4v) is 2.72. The van der Waals surface area contributed by atoms with E-state index < -0.39 is 0 Å². The minimum absolute atomic E-state index is 0.238. The van der Waals surface area contributed by atoms with Crippen LogP contribution < -0.4 is 5.32 Å². The Morgan fingerprint density at radius 1 is 1.39 bits per heavy atom. The molecule has 1 aliphatic rings. The Morgan fingerprint density at radius 2 is 2.11 bits per heavy atom. The lowest BCUT2D eigenvalue weighted by molar-refractivity contribution is 0.145. The van der Waals surface area contributed by atoms with Crippen LogP contribution in [0.2, 0.25) is 5.02 Å². The number of halogens is 2. The number of anilines is 1. The Morgan fingerprint density at radius 3 is 2.83 bits per heavy atom. The van der Waals surface area contributed by atoms with Crippen LogP contribution in [0.25, 0.3) is 0 Å². The molecule has 1 aromatic carbocycles. The molecule has 1 N–H and O–H groups in total. The molecule has 1 saturated heterocycles. The number of nitrogens with one attached hydrogen (secondary N) is 1. The van der Waals surface area contributed by atoms with Gasteiger partial charge in [0.25, 0.3) is 0 Å². The van der Waals surface area contributed by atoms with Crippen molar-refractivity contribution in [3.8, 4) is 0 Å². The lowest BCUT2D eigenvalue weighted by atomic mass is 9.89. The highest BCUT2D eigenvalue weighted by molar-refractivity contribution is 6.30. The molecule has 0 amide bonds. The number of rotatable bonds is 2. The average Bonchev–Trinajstić information content (AvgIpc) is 2.30. The Labute approximate surface area is 113 Å². The van der Waals surface area contributed by atoms with Crippen molar-refractivity contribution in [1.82, 2.24) is 4.90 Å².